The molecule has 1 aromatic carbocycles. The summed E-state index contributed by atoms with van der Waals surface area (Å²) in [7, 11) is 0. The van der Waals surface area contributed by atoms with Crippen molar-refractivity contribution in [2.75, 3.05) is 6.79 Å². The summed E-state index contributed by atoms with van der Waals surface area (Å²) in [6.45, 7) is 0.276. The number of benzene rings is 1. The number of aromatic nitrogens is 3. The number of hydrogen-bond donors (Lipinski definition) is 0. The second-order valence-corrected chi connectivity index (χ2v) is 5.59. The first-order chi connectivity index (χ1) is 11.9. The van der Waals surface area contributed by atoms with E-state index in [1.54, 1.807) is 12.4 Å². The summed E-state index contributed by atoms with van der Waals surface area (Å²) in [5.74, 6) is 1.55. The summed E-state index contributed by atoms with van der Waals surface area (Å²) in [4.78, 5) is 8.58. The van der Waals surface area contributed by atoms with Crippen LogP contribution in [0.4, 0.5) is 0 Å². The Morgan fingerprint density at radius 3 is 2.58 bits per heavy atom. The average molecular weight is 315 g/mol. The summed E-state index contributed by atoms with van der Waals surface area (Å²) in [6.07, 6.45) is 7.57. The Hall–Kier alpha value is -3.34. The van der Waals surface area contributed by atoms with Gasteiger partial charge in [-0.05, 0) is 53.6 Å². The van der Waals surface area contributed by atoms with Crippen molar-refractivity contribution in [1.82, 2.24) is 14.4 Å². The van der Waals surface area contributed by atoms with Gasteiger partial charge < -0.3 is 9.47 Å². The van der Waals surface area contributed by atoms with Crippen molar-refractivity contribution in [3.63, 3.8) is 0 Å². The maximum absolute atomic E-state index is 5.48. The van der Waals surface area contributed by atoms with Crippen LogP contribution in [0.1, 0.15) is 0 Å². The van der Waals surface area contributed by atoms with Crippen molar-refractivity contribution in [3.05, 3.63) is 67.3 Å². The number of hydrogen-bond acceptors (Lipinski definition) is 4. The lowest BCUT2D eigenvalue weighted by Crippen LogP contribution is -1.93. The molecule has 1 aliphatic rings. The monoisotopic (exact) mass is 315 g/mol. The minimum Gasteiger partial charge on any atom is -0.454 e. The molecule has 5 rings (SSSR count). The lowest BCUT2D eigenvalue weighted by atomic mass is 10.1. The van der Waals surface area contributed by atoms with E-state index in [-0.39, 0.29) is 6.79 Å². The summed E-state index contributed by atoms with van der Waals surface area (Å²) in [5, 5.41) is 0. The third kappa shape index (κ3) is 2.02. The molecule has 0 spiro atoms. The van der Waals surface area contributed by atoms with E-state index < -0.39 is 0 Å². The Bertz CT molecular complexity index is 1040. The van der Waals surface area contributed by atoms with Crippen LogP contribution in [0.3, 0.4) is 0 Å². The van der Waals surface area contributed by atoms with Crippen LogP contribution in [0.2, 0.25) is 0 Å². The van der Waals surface area contributed by atoms with Crippen LogP contribution >= 0.6 is 0 Å². The molecule has 0 aliphatic carbocycles. The molecule has 24 heavy (non-hydrogen) atoms. The average Bonchev–Trinajstić information content (AvgIpc) is 3.27. The molecule has 0 unspecified atom stereocenters. The van der Waals surface area contributed by atoms with E-state index >= 15 is 0 Å². The number of rotatable bonds is 2. The predicted molar refractivity (Wildman–Crippen MR) is 90.0 cm³/mol. The minimum atomic E-state index is 0.276. The van der Waals surface area contributed by atoms with Crippen molar-refractivity contribution in [2.45, 2.75) is 0 Å². The fourth-order valence-corrected chi connectivity index (χ4v) is 2.97. The molecule has 0 atom stereocenters. The third-order valence-electron chi connectivity index (χ3n) is 4.19. The Morgan fingerprint density at radius 2 is 1.67 bits per heavy atom. The summed E-state index contributed by atoms with van der Waals surface area (Å²) < 4.78 is 13.0. The van der Waals surface area contributed by atoms with E-state index in [0.717, 1.165) is 39.5 Å². The largest absolute Gasteiger partial charge is 0.454 e. The van der Waals surface area contributed by atoms with Gasteiger partial charge in [-0.3, -0.25) is 9.38 Å². The Morgan fingerprint density at radius 1 is 0.833 bits per heavy atom. The van der Waals surface area contributed by atoms with Gasteiger partial charge in [0.1, 0.15) is 5.65 Å². The van der Waals surface area contributed by atoms with Crippen molar-refractivity contribution in [1.29, 1.82) is 0 Å². The molecule has 4 aromatic rings. The first-order valence-corrected chi connectivity index (χ1v) is 7.66. The highest BCUT2D eigenvalue weighted by atomic mass is 16.7. The zero-order valence-electron chi connectivity index (χ0n) is 12.7. The number of ether oxygens (including phenoxy) is 2. The van der Waals surface area contributed by atoms with Crippen LogP contribution in [0.5, 0.6) is 11.5 Å². The molecule has 0 N–H and O–H groups in total. The molecule has 5 heteroatoms. The molecule has 0 radical (unpaired) electrons. The zero-order chi connectivity index (χ0) is 15.9. The molecular formula is C19H13N3O2. The SMILES string of the molecule is c1cc(-c2ccc3ncc(-c4ccc5c(c4)OCO5)n3c2)ccn1. The van der Waals surface area contributed by atoms with E-state index in [9.17, 15) is 0 Å². The second-order valence-electron chi connectivity index (χ2n) is 5.59. The van der Waals surface area contributed by atoms with Gasteiger partial charge in [0.25, 0.3) is 0 Å². The first kappa shape index (κ1) is 13.1. The van der Waals surface area contributed by atoms with Crippen LogP contribution in [0, 0.1) is 0 Å². The summed E-state index contributed by atoms with van der Waals surface area (Å²) >= 11 is 0. The van der Waals surface area contributed by atoms with Crippen molar-refractivity contribution in [2.24, 2.45) is 0 Å². The third-order valence-corrected chi connectivity index (χ3v) is 4.19. The smallest absolute Gasteiger partial charge is 0.231 e. The van der Waals surface area contributed by atoms with Crippen LogP contribution in [0.15, 0.2) is 67.3 Å². The maximum atomic E-state index is 5.48. The van der Waals surface area contributed by atoms with E-state index in [0.29, 0.717) is 0 Å². The van der Waals surface area contributed by atoms with Gasteiger partial charge in [-0.25, -0.2) is 4.98 Å². The van der Waals surface area contributed by atoms with E-state index in [1.165, 1.54) is 0 Å². The number of fused-ring (bicyclic) bond motifs is 2. The highest BCUT2D eigenvalue weighted by Crippen LogP contribution is 2.36. The highest BCUT2D eigenvalue weighted by Gasteiger charge is 2.15. The number of nitrogens with zero attached hydrogens (tertiary/aromatic N) is 3. The Balaban J connectivity index is 1.66. The van der Waals surface area contributed by atoms with Gasteiger partial charge in [-0.1, -0.05) is 0 Å². The maximum Gasteiger partial charge on any atom is 0.231 e. The second kappa shape index (κ2) is 5.09. The van der Waals surface area contributed by atoms with E-state index in [4.69, 9.17) is 9.47 Å². The molecule has 1 aliphatic heterocycles. The molecular weight excluding hydrogens is 302 g/mol. The van der Waals surface area contributed by atoms with Gasteiger partial charge in [0, 0.05) is 24.2 Å². The van der Waals surface area contributed by atoms with Gasteiger partial charge in [0.2, 0.25) is 6.79 Å². The van der Waals surface area contributed by atoms with E-state index in [1.807, 2.05) is 42.6 Å². The topological polar surface area (TPSA) is 48.7 Å². The van der Waals surface area contributed by atoms with Gasteiger partial charge in [0.05, 0.1) is 11.9 Å². The number of imidazole rings is 1. The molecule has 0 bridgehead atoms. The zero-order valence-corrected chi connectivity index (χ0v) is 12.7. The van der Waals surface area contributed by atoms with Crippen molar-refractivity contribution in [3.8, 4) is 33.9 Å². The fourth-order valence-electron chi connectivity index (χ4n) is 2.97. The summed E-state index contributed by atoms with van der Waals surface area (Å²) in [5.41, 5.74) is 5.19. The number of pyridine rings is 2. The Kier molecular flexibility index (Phi) is 2.79. The molecule has 0 fully saturated rings. The molecule has 116 valence electrons. The normalized spacial score (nSPS) is 12.7. The van der Waals surface area contributed by atoms with Crippen LogP contribution in [-0.4, -0.2) is 21.2 Å². The quantitative estimate of drug-likeness (QED) is 0.564. The summed E-state index contributed by atoms with van der Waals surface area (Å²) in [6, 6.07) is 14.0. The lowest BCUT2D eigenvalue weighted by Gasteiger charge is -2.06. The van der Waals surface area contributed by atoms with Crippen LogP contribution in [-0.2, 0) is 0 Å². The van der Waals surface area contributed by atoms with Crippen LogP contribution in [0.25, 0.3) is 28.0 Å². The minimum absolute atomic E-state index is 0.276. The molecule has 0 saturated carbocycles. The first-order valence-electron chi connectivity index (χ1n) is 7.66. The standard InChI is InChI=1S/C19H13N3O2/c1-3-17-18(24-12-23-17)9-14(1)16-10-21-19-4-2-15(11-22(16)19)13-5-7-20-8-6-13/h1-11H,12H2. The van der Waals surface area contributed by atoms with Gasteiger partial charge in [-0.15, -0.1) is 0 Å². The molecule has 4 heterocycles. The van der Waals surface area contributed by atoms with Crippen molar-refractivity contribution >= 4 is 5.65 Å². The Labute approximate surface area is 138 Å². The van der Waals surface area contributed by atoms with Crippen LogP contribution < -0.4 is 9.47 Å². The van der Waals surface area contributed by atoms with Gasteiger partial charge >= 0.3 is 0 Å². The molecule has 0 amide bonds. The molecule has 3 aromatic heterocycles. The lowest BCUT2D eigenvalue weighted by molar-refractivity contribution is 0.174. The van der Waals surface area contributed by atoms with Crippen molar-refractivity contribution < 1.29 is 9.47 Å². The van der Waals surface area contributed by atoms with E-state index in [2.05, 4.69) is 26.6 Å². The fraction of sp³-hybridized carbons (Fsp3) is 0.0526. The predicted octanol–water partition coefficient (Wildman–Crippen LogP) is 3.79. The van der Waals surface area contributed by atoms with Gasteiger partial charge in [-0.2, -0.15) is 0 Å². The molecule has 5 nitrogen and oxygen atoms in total. The molecule has 0 saturated heterocycles. The van der Waals surface area contributed by atoms with Gasteiger partial charge in [0.15, 0.2) is 11.5 Å². The highest BCUT2D eigenvalue weighted by molar-refractivity contribution is 5.70.